The number of aromatic amines is 1. The number of hydrogen-bond acceptors (Lipinski definition) is 18. The summed E-state index contributed by atoms with van der Waals surface area (Å²) in [6.45, 7) is 16.7. The average molecular weight is 1060 g/mol. The summed E-state index contributed by atoms with van der Waals surface area (Å²) in [7, 11) is 8.23. The number of aliphatic hydroxyl groups excluding tert-OH is 2. The molecule has 0 spiro atoms. The first kappa shape index (κ1) is 59.4. The molecule has 75 heavy (non-hydrogen) atoms. The van der Waals surface area contributed by atoms with Crippen molar-refractivity contribution in [2.45, 2.75) is 179 Å². The first-order chi connectivity index (χ1) is 35.2. The lowest BCUT2D eigenvalue weighted by Crippen LogP contribution is -2.62. The molecule has 0 aliphatic carbocycles. The van der Waals surface area contributed by atoms with Crippen LogP contribution in [0.3, 0.4) is 0 Å². The number of hydrazine groups is 1. The molecule has 1 aromatic heterocycles. The Bertz CT molecular complexity index is 2440. The van der Waals surface area contributed by atoms with Crippen LogP contribution in [0.5, 0.6) is 5.75 Å². The fourth-order valence-electron chi connectivity index (χ4n) is 11.2. The van der Waals surface area contributed by atoms with Crippen molar-refractivity contribution >= 4 is 34.8 Å². The summed E-state index contributed by atoms with van der Waals surface area (Å²) < 4.78 is 56.2. The molecule has 3 fully saturated rings. The van der Waals surface area contributed by atoms with Crippen molar-refractivity contribution in [1.82, 2.24) is 25.7 Å². The van der Waals surface area contributed by atoms with Gasteiger partial charge in [-0.15, -0.1) is 0 Å². The number of esters is 1. The number of likely N-dealkylation sites (N-methyl/N-ethyl adjacent to an activating group) is 1. The number of ketones is 1. The molecule has 0 unspecified atom stereocenters. The van der Waals surface area contributed by atoms with Gasteiger partial charge < -0.3 is 67.8 Å². The maximum absolute atomic E-state index is 14.6. The number of benzene rings is 2. The van der Waals surface area contributed by atoms with Crippen molar-refractivity contribution in [3.8, 4) is 17.1 Å². The van der Waals surface area contributed by atoms with Gasteiger partial charge in [-0.3, -0.25) is 19.8 Å². The zero-order chi connectivity index (χ0) is 55.5. The number of H-pyrrole nitrogens is 1. The molecule has 3 saturated heterocycles. The number of ether oxygens (including phenoxy) is 9. The van der Waals surface area contributed by atoms with Gasteiger partial charge in [0.15, 0.2) is 18.7 Å². The van der Waals surface area contributed by atoms with Gasteiger partial charge >= 0.3 is 12.1 Å². The molecule has 2 aromatic carbocycles. The second-order valence-electron chi connectivity index (χ2n) is 21.6. The van der Waals surface area contributed by atoms with Gasteiger partial charge in [0.1, 0.15) is 40.8 Å². The average Bonchev–Trinajstić information content (AvgIpc) is 3.82. The summed E-state index contributed by atoms with van der Waals surface area (Å²) in [5.41, 5.74) is 2.32. The van der Waals surface area contributed by atoms with Gasteiger partial charge in [0, 0.05) is 55.6 Å². The Hall–Kier alpha value is -4.81. The summed E-state index contributed by atoms with van der Waals surface area (Å²) in [6, 6.07) is 11.9. The largest absolute Gasteiger partial charge is 0.497 e. The quantitative estimate of drug-likeness (QED) is 0.102. The van der Waals surface area contributed by atoms with Crippen LogP contribution >= 0.6 is 0 Å². The Morgan fingerprint density at radius 1 is 0.867 bits per heavy atom. The van der Waals surface area contributed by atoms with Crippen LogP contribution in [-0.4, -0.2) is 174 Å². The van der Waals surface area contributed by atoms with Gasteiger partial charge in [-0.05, 0) is 117 Å². The van der Waals surface area contributed by atoms with Crippen LogP contribution in [0.15, 0.2) is 42.5 Å². The molecule has 3 aliphatic heterocycles. The molecule has 6 N–H and O–H groups in total. The molecule has 0 bridgehead atoms. The minimum Gasteiger partial charge on any atom is -0.497 e. The van der Waals surface area contributed by atoms with Gasteiger partial charge in [-0.25, -0.2) is 15.2 Å². The molecule has 21 heteroatoms. The zero-order valence-corrected chi connectivity index (χ0v) is 46.1. The van der Waals surface area contributed by atoms with E-state index in [1.807, 2.05) is 50.2 Å². The van der Waals surface area contributed by atoms with E-state index in [4.69, 9.17) is 42.6 Å². The number of fused-ring (bicyclic) bond motifs is 1. The number of rotatable bonds is 12. The molecular weight excluding hydrogens is 975 g/mol. The van der Waals surface area contributed by atoms with Gasteiger partial charge in [-0.2, -0.15) is 0 Å². The minimum absolute atomic E-state index is 0.0424. The molecule has 21 nitrogen and oxygen atoms in total. The summed E-state index contributed by atoms with van der Waals surface area (Å²) in [5.74, 6) is -4.28. The van der Waals surface area contributed by atoms with Crippen LogP contribution in [0.1, 0.15) is 105 Å². The van der Waals surface area contributed by atoms with E-state index < -0.39 is 114 Å². The maximum atomic E-state index is 14.6. The number of methoxy groups -OCH3 is 3. The first-order valence-electron chi connectivity index (χ1n) is 25.8. The fourth-order valence-corrected chi connectivity index (χ4v) is 11.2. The smallest absolute Gasteiger partial charge is 0.426 e. The molecule has 2 amide bonds. The Morgan fingerprint density at radius 2 is 1.52 bits per heavy atom. The van der Waals surface area contributed by atoms with Crippen molar-refractivity contribution in [1.29, 1.82) is 0 Å². The number of nitrogens with zero attached hydrogens (tertiary/aromatic N) is 2. The molecule has 4 heterocycles. The molecule has 0 radical (unpaired) electrons. The fraction of sp³-hybridized carbons (Fsp3) is 0.685. The molecule has 418 valence electrons. The maximum Gasteiger partial charge on any atom is 0.426 e. The van der Waals surface area contributed by atoms with Crippen LogP contribution < -0.4 is 15.6 Å². The number of cyclic esters (lactones) is 1. The second-order valence-corrected chi connectivity index (χ2v) is 21.6. The van der Waals surface area contributed by atoms with Crippen molar-refractivity contribution < 1.29 is 77.1 Å². The van der Waals surface area contributed by atoms with Crippen molar-refractivity contribution in [3.05, 3.63) is 48.0 Å². The van der Waals surface area contributed by atoms with Gasteiger partial charge in [0.25, 0.3) is 5.91 Å². The molecular formula is C54H81N5O16. The molecule has 3 aliphatic rings. The Labute approximate surface area is 439 Å². The number of Topliss-reactive ketones (excluding diaryl/α,β-unsaturated/α-hetero) is 1. The van der Waals surface area contributed by atoms with Crippen LogP contribution in [0.25, 0.3) is 22.4 Å². The zero-order valence-electron chi connectivity index (χ0n) is 46.1. The van der Waals surface area contributed by atoms with E-state index >= 15 is 0 Å². The van der Waals surface area contributed by atoms with E-state index in [-0.39, 0.29) is 42.8 Å². The SMILES string of the molecule is CC[C@H]1OC(=O)[C@H](C)[C@@H](O[C@H]2C[C@@](C)(OC)[C@@H](OC(=O)NNC(=O)c3ccc4nc(-c5ccc(OC)cc5)[nH]c4c3)[C@H](C)O2)[C@H](C)[C@@H](O[C@@H]2O[C@H](C)C[C@H](N(C)C)[C@H]2O)[C@@](C)(OC)C[C@@H](C)C(=O)[C@H](C)[C@@H](O)[C@]1(C)O. The Morgan fingerprint density at radius 3 is 2.13 bits per heavy atom. The molecule has 6 rings (SSSR count). The Balaban J connectivity index is 1.25. The predicted octanol–water partition coefficient (Wildman–Crippen LogP) is 5.07. The van der Waals surface area contributed by atoms with Gasteiger partial charge in [0.2, 0.25) is 0 Å². The summed E-state index contributed by atoms with van der Waals surface area (Å²) in [6.07, 6.45) is -11.2. The monoisotopic (exact) mass is 1060 g/mol. The minimum atomic E-state index is -2.04. The predicted molar refractivity (Wildman–Crippen MR) is 274 cm³/mol. The lowest BCUT2D eigenvalue weighted by molar-refractivity contribution is -0.319. The highest BCUT2D eigenvalue weighted by Gasteiger charge is 2.55. The number of hydrogen-bond donors (Lipinski definition) is 6. The van der Waals surface area contributed by atoms with Gasteiger partial charge in [0.05, 0.1) is 60.2 Å². The first-order valence-corrected chi connectivity index (χ1v) is 25.8. The summed E-state index contributed by atoms with van der Waals surface area (Å²) in [5, 5.41) is 35.3. The lowest BCUT2D eigenvalue weighted by Gasteiger charge is -2.50. The number of amides is 2. The standard InChI is InChI=1S/C54H81N5O16/c1-16-39-54(10,66)44(62)29(4)41(60)27(2)25-52(8,68-14)45(74-50-42(61)38(59(11)12)23-28(3)70-50)30(5)43(31(6)49(64)72-39)73-40-26-53(9,69-15)46(32(7)71-40)75-51(65)58-57-48(63)34-19-22-36-37(24-34)56-47(55-36)33-17-20-35(67-13)21-18-33/h17-22,24,27-32,38-40,42-46,50,61-62,66H,16,23,25-26H2,1-15H3,(H,55,56)(H,57,63)(H,58,65)/t27-,28-,29+,30+,31-,32+,38+,39-,40+,42-,43+,44-,45-,46+,50+,52+,53-,54-/m1/s1. The van der Waals surface area contributed by atoms with E-state index in [0.29, 0.717) is 29.0 Å². The van der Waals surface area contributed by atoms with Crippen molar-refractivity contribution in [3.63, 3.8) is 0 Å². The second kappa shape index (κ2) is 24.2. The van der Waals surface area contributed by atoms with E-state index in [2.05, 4.69) is 20.8 Å². The summed E-state index contributed by atoms with van der Waals surface area (Å²) >= 11 is 0. The van der Waals surface area contributed by atoms with Gasteiger partial charge in [-0.1, -0.05) is 27.7 Å². The highest BCUT2D eigenvalue weighted by atomic mass is 16.7. The van der Waals surface area contributed by atoms with Crippen LogP contribution in [0, 0.1) is 23.7 Å². The van der Waals surface area contributed by atoms with Crippen LogP contribution in [0.4, 0.5) is 4.79 Å². The third-order valence-electron chi connectivity index (χ3n) is 15.8. The highest BCUT2D eigenvalue weighted by Crippen LogP contribution is 2.42. The van der Waals surface area contributed by atoms with Crippen molar-refractivity contribution in [2.75, 3.05) is 35.4 Å². The van der Waals surface area contributed by atoms with Crippen LogP contribution in [-0.2, 0) is 47.5 Å². The molecule has 18 atom stereocenters. The molecule has 3 aromatic rings. The number of carbonyl (C=O) groups is 4. The van der Waals surface area contributed by atoms with Crippen molar-refractivity contribution in [2.24, 2.45) is 23.7 Å². The normalized spacial score (nSPS) is 37.3. The topological polar surface area (TPSA) is 268 Å². The van der Waals surface area contributed by atoms with E-state index in [0.717, 1.165) is 5.56 Å². The van der Waals surface area contributed by atoms with E-state index in [1.165, 1.54) is 28.1 Å². The Kier molecular flexibility index (Phi) is 19.2. The number of imidazole rings is 1. The summed E-state index contributed by atoms with van der Waals surface area (Å²) in [4.78, 5) is 65.3. The highest BCUT2D eigenvalue weighted by molar-refractivity contribution is 5.98. The number of aromatic nitrogens is 2. The third kappa shape index (κ3) is 13.0. The third-order valence-corrected chi connectivity index (χ3v) is 15.8. The lowest BCUT2D eigenvalue weighted by atomic mass is 9.74. The van der Waals surface area contributed by atoms with Crippen LogP contribution in [0.2, 0.25) is 0 Å². The molecule has 0 saturated carbocycles. The van der Waals surface area contributed by atoms with E-state index in [1.54, 1.807) is 73.8 Å². The number of aliphatic hydroxyl groups is 3. The number of nitrogens with one attached hydrogen (secondary N) is 3. The van der Waals surface area contributed by atoms with E-state index in [9.17, 15) is 34.5 Å². The number of carbonyl (C=O) groups excluding carboxylic acids is 4.